The van der Waals surface area contributed by atoms with E-state index in [2.05, 4.69) is 11.1 Å². The molecule has 0 unspecified atom stereocenters. The second-order valence-electron chi connectivity index (χ2n) is 4.41. The largest absolute Gasteiger partial charge is 0.464 e. The lowest BCUT2D eigenvalue weighted by atomic mass is 10.1. The maximum absolute atomic E-state index is 9.26. The summed E-state index contributed by atoms with van der Waals surface area (Å²) in [6.45, 7) is 0. The molecule has 0 aliphatic carbocycles. The van der Waals surface area contributed by atoms with Gasteiger partial charge in [-0.25, -0.2) is 4.98 Å². The number of furan rings is 1. The molecule has 3 rings (SSSR count). The van der Waals surface area contributed by atoms with Crippen molar-refractivity contribution in [2.24, 2.45) is 7.05 Å². The molecule has 2 N–H and O–H groups in total. The van der Waals surface area contributed by atoms with E-state index >= 15 is 0 Å². The molecule has 3 aromatic heterocycles. The number of aromatic nitrogens is 2. The summed E-state index contributed by atoms with van der Waals surface area (Å²) in [5.41, 5.74) is 8.53. The topological polar surface area (TPSA) is 80.8 Å². The highest BCUT2D eigenvalue weighted by molar-refractivity contribution is 5.77. The number of nitrogens with two attached hydrogens (primary N) is 1. The fourth-order valence-electron chi connectivity index (χ4n) is 2.17. The van der Waals surface area contributed by atoms with Crippen LogP contribution in [0.1, 0.15) is 5.56 Å². The third-order valence-corrected chi connectivity index (χ3v) is 3.15. The van der Waals surface area contributed by atoms with Crippen LogP contribution in [0, 0.1) is 11.3 Å². The SMILES string of the molecule is Cn1cccc1-c1cc(-c2ccco2)c(C#N)c(N)n1. The van der Waals surface area contributed by atoms with E-state index in [9.17, 15) is 5.26 Å². The summed E-state index contributed by atoms with van der Waals surface area (Å²) in [5.74, 6) is 0.809. The first-order valence-corrected chi connectivity index (χ1v) is 6.07. The summed E-state index contributed by atoms with van der Waals surface area (Å²) in [5, 5.41) is 9.26. The minimum Gasteiger partial charge on any atom is -0.464 e. The molecule has 5 nitrogen and oxygen atoms in total. The van der Waals surface area contributed by atoms with Crippen LogP contribution in [-0.2, 0) is 7.05 Å². The maximum atomic E-state index is 9.26. The van der Waals surface area contributed by atoms with Gasteiger partial charge in [-0.05, 0) is 30.3 Å². The summed E-state index contributed by atoms with van der Waals surface area (Å²) in [7, 11) is 1.93. The van der Waals surface area contributed by atoms with Crippen LogP contribution in [0.4, 0.5) is 5.82 Å². The lowest BCUT2D eigenvalue weighted by Gasteiger charge is -2.08. The van der Waals surface area contributed by atoms with E-state index in [-0.39, 0.29) is 5.82 Å². The fraction of sp³-hybridized carbons (Fsp3) is 0.0667. The second-order valence-corrected chi connectivity index (χ2v) is 4.41. The van der Waals surface area contributed by atoms with Crippen molar-refractivity contribution in [1.82, 2.24) is 9.55 Å². The van der Waals surface area contributed by atoms with Crippen LogP contribution < -0.4 is 5.73 Å². The molecular formula is C15H12N4O. The number of hydrogen-bond donors (Lipinski definition) is 1. The summed E-state index contributed by atoms with van der Waals surface area (Å²) in [6, 6.07) is 11.3. The molecule has 0 amide bonds. The normalized spacial score (nSPS) is 10.4. The highest BCUT2D eigenvalue weighted by atomic mass is 16.3. The van der Waals surface area contributed by atoms with Crippen molar-refractivity contribution in [2.45, 2.75) is 0 Å². The average Bonchev–Trinajstić information content (AvgIpc) is 3.08. The van der Waals surface area contributed by atoms with Gasteiger partial charge in [0.15, 0.2) is 0 Å². The van der Waals surface area contributed by atoms with Crippen molar-refractivity contribution in [1.29, 1.82) is 5.26 Å². The standard InChI is InChI=1S/C15H12N4O/c1-19-6-2-4-13(19)12-8-10(14-5-3-7-20-14)11(9-16)15(17)18-12/h2-8H,1H3,(H2,17,18). The average molecular weight is 264 g/mol. The van der Waals surface area contributed by atoms with Crippen LogP contribution in [0.5, 0.6) is 0 Å². The van der Waals surface area contributed by atoms with Gasteiger partial charge in [-0.3, -0.25) is 0 Å². The van der Waals surface area contributed by atoms with Gasteiger partial charge in [0.2, 0.25) is 0 Å². The summed E-state index contributed by atoms with van der Waals surface area (Å²) >= 11 is 0. The minimum atomic E-state index is 0.206. The molecule has 0 aliphatic heterocycles. The van der Waals surface area contributed by atoms with E-state index in [1.807, 2.05) is 36.0 Å². The van der Waals surface area contributed by atoms with E-state index in [1.54, 1.807) is 18.4 Å². The number of nitrogens with zero attached hydrogens (tertiary/aromatic N) is 3. The van der Waals surface area contributed by atoms with Crippen LogP contribution in [0.2, 0.25) is 0 Å². The summed E-state index contributed by atoms with van der Waals surface area (Å²) in [6.07, 6.45) is 3.49. The Labute approximate surface area is 115 Å². The Bertz CT molecular complexity index is 794. The summed E-state index contributed by atoms with van der Waals surface area (Å²) in [4.78, 5) is 4.31. The number of nitriles is 1. The van der Waals surface area contributed by atoms with E-state index in [0.29, 0.717) is 22.6 Å². The molecule has 0 radical (unpaired) electrons. The van der Waals surface area contributed by atoms with Crippen LogP contribution in [0.25, 0.3) is 22.7 Å². The third-order valence-electron chi connectivity index (χ3n) is 3.15. The van der Waals surface area contributed by atoms with E-state index in [4.69, 9.17) is 10.2 Å². The Balaban J connectivity index is 2.26. The van der Waals surface area contributed by atoms with Crippen molar-refractivity contribution in [2.75, 3.05) is 5.73 Å². The Morgan fingerprint density at radius 2 is 2.20 bits per heavy atom. The van der Waals surface area contributed by atoms with E-state index < -0.39 is 0 Å². The zero-order chi connectivity index (χ0) is 14.1. The van der Waals surface area contributed by atoms with Gasteiger partial charge in [0.25, 0.3) is 0 Å². The van der Waals surface area contributed by atoms with Gasteiger partial charge in [-0.15, -0.1) is 0 Å². The number of anilines is 1. The van der Waals surface area contributed by atoms with Gasteiger partial charge in [0.1, 0.15) is 23.2 Å². The number of nitrogen functional groups attached to an aromatic ring is 1. The van der Waals surface area contributed by atoms with Crippen LogP contribution in [0.3, 0.4) is 0 Å². The van der Waals surface area contributed by atoms with Crippen molar-refractivity contribution in [3.05, 3.63) is 48.4 Å². The smallest absolute Gasteiger partial charge is 0.142 e. The Kier molecular flexibility index (Phi) is 2.77. The monoisotopic (exact) mass is 264 g/mol. The first-order valence-electron chi connectivity index (χ1n) is 6.07. The molecule has 3 aromatic rings. The van der Waals surface area contributed by atoms with Gasteiger partial charge in [0, 0.05) is 18.8 Å². The van der Waals surface area contributed by atoms with Crippen molar-refractivity contribution in [3.63, 3.8) is 0 Å². The summed E-state index contributed by atoms with van der Waals surface area (Å²) < 4.78 is 7.32. The first-order chi connectivity index (χ1) is 9.70. The molecule has 3 heterocycles. The van der Waals surface area contributed by atoms with Gasteiger partial charge < -0.3 is 14.7 Å². The van der Waals surface area contributed by atoms with Gasteiger partial charge >= 0.3 is 0 Å². The molecule has 5 heteroatoms. The van der Waals surface area contributed by atoms with Crippen molar-refractivity contribution in [3.8, 4) is 28.8 Å². The lowest BCUT2D eigenvalue weighted by Crippen LogP contribution is -2.01. The van der Waals surface area contributed by atoms with Crippen LogP contribution >= 0.6 is 0 Å². The van der Waals surface area contributed by atoms with Crippen LogP contribution in [0.15, 0.2) is 47.2 Å². The molecule has 0 saturated carbocycles. The molecule has 20 heavy (non-hydrogen) atoms. The Hall–Kier alpha value is -3.00. The number of rotatable bonds is 2. The van der Waals surface area contributed by atoms with E-state index in [1.165, 1.54) is 0 Å². The molecule has 98 valence electrons. The lowest BCUT2D eigenvalue weighted by molar-refractivity contribution is 0.582. The van der Waals surface area contributed by atoms with Gasteiger partial charge in [-0.2, -0.15) is 5.26 Å². The van der Waals surface area contributed by atoms with E-state index in [0.717, 1.165) is 5.69 Å². The third kappa shape index (κ3) is 1.84. The second kappa shape index (κ2) is 4.59. The molecule has 0 spiro atoms. The fourth-order valence-corrected chi connectivity index (χ4v) is 2.17. The van der Waals surface area contributed by atoms with Crippen LogP contribution in [-0.4, -0.2) is 9.55 Å². The van der Waals surface area contributed by atoms with Crippen molar-refractivity contribution < 1.29 is 4.42 Å². The Morgan fingerprint density at radius 1 is 1.35 bits per heavy atom. The number of hydrogen-bond acceptors (Lipinski definition) is 4. The molecule has 0 bridgehead atoms. The quantitative estimate of drug-likeness (QED) is 0.771. The predicted octanol–water partition coefficient (Wildman–Crippen LogP) is 2.80. The molecule has 0 aliphatic rings. The number of aryl methyl sites for hydroxylation is 1. The zero-order valence-corrected chi connectivity index (χ0v) is 10.9. The predicted molar refractivity (Wildman–Crippen MR) is 75.5 cm³/mol. The maximum Gasteiger partial charge on any atom is 0.142 e. The zero-order valence-electron chi connectivity index (χ0n) is 10.9. The van der Waals surface area contributed by atoms with Crippen molar-refractivity contribution >= 4 is 5.82 Å². The van der Waals surface area contributed by atoms with Gasteiger partial charge in [-0.1, -0.05) is 0 Å². The Morgan fingerprint density at radius 3 is 2.80 bits per heavy atom. The van der Waals surface area contributed by atoms with Gasteiger partial charge in [0.05, 0.1) is 17.7 Å². The highest BCUT2D eigenvalue weighted by Gasteiger charge is 2.15. The number of pyridine rings is 1. The molecule has 0 fully saturated rings. The molecule has 0 atom stereocenters. The molecular weight excluding hydrogens is 252 g/mol. The minimum absolute atomic E-state index is 0.206. The molecule has 0 aromatic carbocycles. The highest BCUT2D eigenvalue weighted by Crippen LogP contribution is 2.31. The first kappa shape index (κ1) is 12.1. The molecule has 0 saturated heterocycles.